The number of hydrogen-bond donors (Lipinski definition) is 1. The summed E-state index contributed by atoms with van der Waals surface area (Å²) in [5, 5.41) is 9.04. The molecule has 6 heteroatoms. The molecule has 1 aromatic heterocycles. The molecular formula is C12H18N4O2. The lowest BCUT2D eigenvalue weighted by Gasteiger charge is -2.36. The molecule has 1 aromatic rings. The lowest BCUT2D eigenvalue weighted by Crippen LogP contribution is -2.45. The second kappa shape index (κ2) is 4.99. The zero-order valence-corrected chi connectivity index (χ0v) is 10.9. The number of piperazine rings is 1. The van der Waals surface area contributed by atoms with Gasteiger partial charge in [-0.25, -0.2) is 14.8 Å². The molecule has 1 unspecified atom stereocenters. The van der Waals surface area contributed by atoms with Crippen molar-refractivity contribution >= 4 is 5.97 Å². The van der Waals surface area contributed by atoms with Crippen molar-refractivity contribution in [3.63, 3.8) is 0 Å². The van der Waals surface area contributed by atoms with Crippen LogP contribution in [0.3, 0.4) is 0 Å². The third kappa shape index (κ3) is 2.65. The van der Waals surface area contributed by atoms with Crippen LogP contribution in [0, 0.1) is 6.92 Å². The Morgan fingerprint density at radius 3 is 2.78 bits per heavy atom. The van der Waals surface area contributed by atoms with Crippen molar-refractivity contribution in [1.82, 2.24) is 19.8 Å². The summed E-state index contributed by atoms with van der Waals surface area (Å²) in [6.45, 7) is 4.55. The number of likely N-dealkylation sites (N-methyl/N-ethyl adjacent to an activating group) is 2. The van der Waals surface area contributed by atoms with Gasteiger partial charge in [-0.15, -0.1) is 0 Å². The van der Waals surface area contributed by atoms with Crippen LogP contribution in [0.5, 0.6) is 0 Å². The number of aryl methyl sites for hydroxylation is 1. The summed E-state index contributed by atoms with van der Waals surface area (Å²) >= 11 is 0. The summed E-state index contributed by atoms with van der Waals surface area (Å²) in [4.78, 5) is 23.9. The Morgan fingerprint density at radius 2 is 2.11 bits per heavy atom. The monoisotopic (exact) mass is 250 g/mol. The van der Waals surface area contributed by atoms with Crippen LogP contribution in [-0.2, 0) is 0 Å². The molecule has 1 aliphatic heterocycles. The Hall–Kier alpha value is -1.53. The van der Waals surface area contributed by atoms with Crippen LogP contribution in [0.1, 0.15) is 28.0 Å². The van der Waals surface area contributed by atoms with Gasteiger partial charge in [0, 0.05) is 25.3 Å². The molecule has 1 aliphatic rings. The van der Waals surface area contributed by atoms with E-state index in [0.717, 1.165) is 19.6 Å². The molecule has 0 aromatic carbocycles. The lowest BCUT2D eigenvalue weighted by molar-refractivity contribution is 0.0687. The van der Waals surface area contributed by atoms with Gasteiger partial charge < -0.3 is 10.0 Å². The van der Waals surface area contributed by atoms with Crippen molar-refractivity contribution < 1.29 is 9.90 Å². The number of hydrogen-bond acceptors (Lipinski definition) is 5. The van der Waals surface area contributed by atoms with E-state index in [0.29, 0.717) is 11.5 Å². The highest BCUT2D eigenvalue weighted by atomic mass is 16.4. The fourth-order valence-corrected chi connectivity index (χ4v) is 2.14. The van der Waals surface area contributed by atoms with Crippen molar-refractivity contribution in [2.45, 2.75) is 13.0 Å². The van der Waals surface area contributed by atoms with Crippen molar-refractivity contribution in [1.29, 1.82) is 0 Å². The van der Waals surface area contributed by atoms with E-state index in [2.05, 4.69) is 19.8 Å². The van der Waals surface area contributed by atoms with Crippen molar-refractivity contribution in [3.8, 4) is 0 Å². The van der Waals surface area contributed by atoms with Crippen molar-refractivity contribution in [2.75, 3.05) is 33.7 Å². The maximum atomic E-state index is 11.0. The molecule has 1 fully saturated rings. The molecule has 1 saturated heterocycles. The average Bonchev–Trinajstić information content (AvgIpc) is 2.31. The largest absolute Gasteiger partial charge is 0.477 e. The van der Waals surface area contributed by atoms with E-state index in [-0.39, 0.29) is 11.7 Å². The molecule has 6 nitrogen and oxygen atoms in total. The van der Waals surface area contributed by atoms with Crippen LogP contribution >= 0.6 is 0 Å². The second-order valence-corrected chi connectivity index (χ2v) is 4.82. The molecule has 1 N–H and O–H groups in total. The minimum absolute atomic E-state index is 0.0572. The highest BCUT2D eigenvalue weighted by molar-refractivity contribution is 5.85. The first kappa shape index (κ1) is 12.9. The van der Waals surface area contributed by atoms with Crippen LogP contribution in [0.4, 0.5) is 0 Å². The summed E-state index contributed by atoms with van der Waals surface area (Å²) < 4.78 is 0. The first-order chi connectivity index (χ1) is 8.47. The SMILES string of the molecule is Cc1cc(C(=O)O)nc(C2CN(C)CCN2C)n1. The third-order valence-electron chi connectivity index (χ3n) is 3.24. The molecular weight excluding hydrogens is 232 g/mol. The maximum absolute atomic E-state index is 11.0. The van der Waals surface area contributed by atoms with Crippen LogP contribution in [0.2, 0.25) is 0 Å². The van der Waals surface area contributed by atoms with Crippen LogP contribution < -0.4 is 0 Å². The van der Waals surface area contributed by atoms with Gasteiger partial charge in [0.15, 0.2) is 5.69 Å². The second-order valence-electron chi connectivity index (χ2n) is 4.82. The smallest absolute Gasteiger partial charge is 0.354 e. The summed E-state index contributed by atoms with van der Waals surface area (Å²) in [7, 11) is 4.07. The fraction of sp³-hybridized carbons (Fsp3) is 0.583. The predicted octanol–water partition coefficient (Wildman–Crippen LogP) is 0.402. The molecule has 0 amide bonds. The minimum atomic E-state index is -1.01. The van der Waals surface area contributed by atoms with Gasteiger partial charge in [-0.05, 0) is 27.1 Å². The Balaban J connectivity index is 2.34. The highest BCUT2D eigenvalue weighted by Crippen LogP contribution is 2.20. The molecule has 0 radical (unpaired) electrons. The number of carbonyl (C=O) groups is 1. The highest BCUT2D eigenvalue weighted by Gasteiger charge is 2.26. The van der Waals surface area contributed by atoms with Gasteiger partial charge in [0.2, 0.25) is 0 Å². The number of nitrogens with zero attached hydrogens (tertiary/aromatic N) is 4. The Labute approximate surface area is 106 Å². The van der Waals surface area contributed by atoms with E-state index in [9.17, 15) is 4.79 Å². The quantitative estimate of drug-likeness (QED) is 0.819. The normalized spacial score (nSPS) is 22.1. The zero-order valence-electron chi connectivity index (χ0n) is 10.9. The molecule has 1 atom stereocenters. The van der Waals surface area contributed by atoms with Gasteiger partial charge in [-0.2, -0.15) is 0 Å². The van der Waals surface area contributed by atoms with E-state index < -0.39 is 5.97 Å². The molecule has 18 heavy (non-hydrogen) atoms. The fourth-order valence-electron chi connectivity index (χ4n) is 2.14. The molecule has 0 bridgehead atoms. The summed E-state index contributed by atoms with van der Waals surface area (Å²) in [5.74, 6) is -0.407. The first-order valence-corrected chi connectivity index (χ1v) is 5.95. The predicted molar refractivity (Wildman–Crippen MR) is 66.6 cm³/mol. The number of rotatable bonds is 2. The van der Waals surface area contributed by atoms with Gasteiger partial charge in [-0.1, -0.05) is 0 Å². The van der Waals surface area contributed by atoms with Crippen LogP contribution in [0.15, 0.2) is 6.07 Å². The third-order valence-corrected chi connectivity index (χ3v) is 3.24. The van der Waals surface area contributed by atoms with Crippen molar-refractivity contribution in [3.05, 3.63) is 23.3 Å². The number of carboxylic acids is 1. The van der Waals surface area contributed by atoms with Gasteiger partial charge in [0.1, 0.15) is 5.82 Å². The van der Waals surface area contributed by atoms with Gasteiger partial charge in [0.05, 0.1) is 6.04 Å². The number of carboxylic acid groups (broad SMARTS) is 1. The molecule has 98 valence electrons. The van der Waals surface area contributed by atoms with E-state index in [4.69, 9.17) is 5.11 Å². The summed E-state index contributed by atoms with van der Waals surface area (Å²) in [5.41, 5.74) is 0.762. The van der Waals surface area contributed by atoms with Gasteiger partial charge in [0.25, 0.3) is 0 Å². The average molecular weight is 250 g/mol. The van der Waals surface area contributed by atoms with E-state index in [1.54, 1.807) is 6.92 Å². The standard InChI is InChI=1S/C12H18N4O2/c1-8-6-9(12(17)18)14-11(13-8)10-7-15(2)4-5-16(10)3/h6,10H,4-5,7H2,1-3H3,(H,17,18). The van der Waals surface area contributed by atoms with Crippen LogP contribution in [-0.4, -0.2) is 64.6 Å². The number of aromatic nitrogens is 2. The molecule has 0 aliphatic carbocycles. The lowest BCUT2D eigenvalue weighted by atomic mass is 10.1. The Kier molecular flexibility index (Phi) is 3.58. The maximum Gasteiger partial charge on any atom is 0.354 e. The minimum Gasteiger partial charge on any atom is -0.477 e. The molecule has 0 saturated carbocycles. The molecule has 0 spiro atoms. The van der Waals surface area contributed by atoms with E-state index >= 15 is 0 Å². The molecule has 2 heterocycles. The number of aromatic carboxylic acids is 1. The van der Waals surface area contributed by atoms with Crippen molar-refractivity contribution in [2.24, 2.45) is 0 Å². The summed E-state index contributed by atoms with van der Waals surface area (Å²) in [6, 6.07) is 1.56. The summed E-state index contributed by atoms with van der Waals surface area (Å²) in [6.07, 6.45) is 0. The van der Waals surface area contributed by atoms with Crippen LogP contribution in [0.25, 0.3) is 0 Å². The van der Waals surface area contributed by atoms with E-state index in [1.807, 2.05) is 14.1 Å². The topological polar surface area (TPSA) is 69.6 Å². The van der Waals surface area contributed by atoms with Gasteiger partial charge in [-0.3, -0.25) is 4.90 Å². The Bertz CT molecular complexity index is 463. The van der Waals surface area contributed by atoms with Gasteiger partial charge >= 0.3 is 5.97 Å². The Morgan fingerprint density at radius 1 is 1.39 bits per heavy atom. The molecule has 2 rings (SSSR count). The first-order valence-electron chi connectivity index (χ1n) is 5.95. The van der Waals surface area contributed by atoms with E-state index in [1.165, 1.54) is 6.07 Å². The zero-order chi connectivity index (χ0) is 13.3.